The summed E-state index contributed by atoms with van der Waals surface area (Å²) in [5, 5.41) is 1.10. The minimum Gasteiger partial charge on any atom is -0.517 e. The van der Waals surface area contributed by atoms with Gasteiger partial charge in [-0.3, -0.25) is 0 Å². The molecule has 0 bridgehead atoms. The molecule has 0 amide bonds. The Balaban J connectivity index is 2.63. The van der Waals surface area contributed by atoms with Crippen molar-refractivity contribution in [1.29, 1.82) is 0 Å². The molecule has 28 heavy (non-hydrogen) atoms. The summed E-state index contributed by atoms with van der Waals surface area (Å²) < 4.78 is 13.2. The monoisotopic (exact) mass is 416 g/mol. The molecule has 0 saturated carbocycles. The zero-order valence-electron chi connectivity index (χ0n) is 18.7. The smallest absolute Gasteiger partial charge is 0.434 e. The summed E-state index contributed by atoms with van der Waals surface area (Å²) in [5.74, 6) is 0.930. The van der Waals surface area contributed by atoms with Gasteiger partial charge in [0.25, 0.3) is 0 Å². The maximum atomic E-state index is 6.85. The van der Waals surface area contributed by atoms with Gasteiger partial charge in [-0.2, -0.15) is 0 Å². The van der Waals surface area contributed by atoms with Gasteiger partial charge in [-0.15, -0.1) is 12.6 Å². The topological polar surface area (TPSA) is 18.5 Å². The summed E-state index contributed by atoms with van der Waals surface area (Å²) in [7, 11) is -2.68. The van der Waals surface area contributed by atoms with Crippen LogP contribution in [0.25, 0.3) is 0 Å². The van der Waals surface area contributed by atoms with Gasteiger partial charge in [0.2, 0.25) is 0 Å². The van der Waals surface area contributed by atoms with E-state index in [2.05, 4.69) is 72.7 Å². The number of benzene rings is 2. The molecule has 0 saturated heterocycles. The van der Waals surface area contributed by atoms with Crippen LogP contribution in [0.15, 0.2) is 47.4 Å². The second-order valence-corrected chi connectivity index (χ2v) is 13.1. The first-order valence-corrected chi connectivity index (χ1v) is 12.7. The van der Waals surface area contributed by atoms with E-state index in [0.29, 0.717) is 6.61 Å². The van der Waals surface area contributed by atoms with E-state index in [1.165, 1.54) is 11.1 Å². The summed E-state index contributed by atoms with van der Waals surface area (Å²) >= 11 is 4.72. The lowest BCUT2D eigenvalue weighted by molar-refractivity contribution is 0.262. The van der Waals surface area contributed by atoms with Gasteiger partial charge in [-0.25, -0.2) is 0 Å². The molecule has 0 aliphatic rings. The minimum absolute atomic E-state index is 0.0306. The fraction of sp³-hybridized carbons (Fsp3) is 0.500. The standard InChI is InChI=1S/C24H36O2SSi/c1-9-25-28(10-2,22-14-12-11-13-21(22)27)26-20-16-15-18(23(3,4)5)17-19(20)24(6,7)8/h11-17,27H,9-10H2,1-8H3. The Morgan fingerprint density at radius 2 is 1.54 bits per heavy atom. The van der Waals surface area contributed by atoms with Crippen molar-refractivity contribution in [2.75, 3.05) is 6.61 Å². The van der Waals surface area contributed by atoms with Crippen LogP contribution in [0.1, 0.15) is 66.5 Å². The van der Waals surface area contributed by atoms with Crippen molar-refractivity contribution in [3.8, 4) is 5.75 Å². The Labute approximate surface area is 178 Å². The number of rotatable bonds is 6. The average molecular weight is 417 g/mol. The van der Waals surface area contributed by atoms with Crippen molar-refractivity contribution >= 4 is 26.4 Å². The zero-order chi connectivity index (χ0) is 21.2. The van der Waals surface area contributed by atoms with Crippen molar-refractivity contribution in [2.45, 2.75) is 77.2 Å². The predicted molar refractivity (Wildman–Crippen MR) is 126 cm³/mol. The van der Waals surface area contributed by atoms with Crippen LogP contribution in [0.5, 0.6) is 5.75 Å². The van der Waals surface area contributed by atoms with Gasteiger partial charge in [0.15, 0.2) is 0 Å². The van der Waals surface area contributed by atoms with E-state index in [9.17, 15) is 0 Å². The van der Waals surface area contributed by atoms with E-state index in [1.54, 1.807) is 0 Å². The molecule has 2 rings (SSSR count). The third-order valence-electron chi connectivity index (χ3n) is 5.09. The molecule has 1 atom stereocenters. The first-order valence-electron chi connectivity index (χ1n) is 10.2. The van der Waals surface area contributed by atoms with E-state index in [4.69, 9.17) is 21.5 Å². The van der Waals surface area contributed by atoms with Gasteiger partial charge in [0.1, 0.15) is 5.75 Å². The molecule has 2 nitrogen and oxygen atoms in total. The zero-order valence-corrected chi connectivity index (χ0v) is 20.6. The summed E-state index contributed by atoms with van der Waals surface area (Å²) in [6.07, 6.45) is 0. The summed E-state index contributed by atoms with van der Waals surface area (Å²) in [6, 6.07) is 15.6. The van der Waals surface area contributed by atoms with E-state index in [1.807, 2.05) is 25.1 Å². The fourth-order valence-corrected chi connectivity index (χ4v) is 6.95. The first kappa shape index (κ1) is 23.0. The number of hydrogen-bond acceptors (Lipinski definition) is 3. The molecule has 0 heterocycles. The molecule has 0 spiro atoms. The van der Waals surface area contributed by atoms with Crippen LogP contribution in [0, 0.1) is 0 Å². The quantitative estimate of drug-likeness (QED) is 0.436. The highest BCUT2D eigenvalue weighted by Gasteiger charge is 2.42. The molecule has 0 fully saturated rings. The van der Waals surface area contributed by atoms with Gasteiger partial charge in [0.05, 0.1) is 0 Å². The summed E-state index contributed by atoms with van der Waals surface area (Å²) in [6.45, 7) is 18.3. The Morgan fingerprint density at radius 3 is 2.04 bits per heavy atom. The van der Waals surface area contributed by atoms with Gasteiger partial charge in [0, 0.05) is 22.7 Å². The molecule has 0 N–H and O–H groups in total. The Bertz CT molecular complexity index is 805. The SMILES string of the molecule is CCO[Si](CC)(Oc1ccc(C(C)(C)C)cc1C(C)(C)C)c1ccccc1S. The lowest BCUT2D eigenvalue weighted by Crippen LogP contribution is -2.57. The van der Waals surface area contributed by atoms with E-state index < -0.39 is 8.56 Å². The van der Waals surface area contributed by atoms with Crippen LogP contribution in [0.3, 0.4) is 0 Å². The normalized spacial score (nSPS) is 14.6. The Hall–Kier alpha value is -1.23. The molecule has 154 valence electrons. The van der Waals surface area contributed by atoms with Crippen molar-refractivity contribution in [1.82, 2.24) is 0 Å². The molecule has 0 aromatic heterocycles. The highest BCUT2D eigenvalue weighted by Crippen LogP contribution is 2.37. The van der Waals surface area contributed by atoms with Crippen LogP contribution in [-0.4, -0.2) is 15.2 Å². The highest BCUT2D eigenvalue weighted by atomic mass is 32.1. The fourth-order valence-electron chi connectivity index (χ4n) is 3.40. The Kier molecular flexibility index (Phi) is 7.11. The highest BCUT2D eigenvalue weighted by molar-refractivity contribution is 7.80. The van der Waals surface area contributed by atoms with Gasteiger partial charge in [-0.05, 0) is 41.0 Å². The third-order valence-corrected chi connectivity index (χ3v) is 9.18. The molecule has 0 aliphatic heterocycles. The predicted octanol–water partition coefficient (Wildman–Crippen LogP) is 6.35. The van der Waals surface area contributed by atoms with Crippen LogP contribution >= 0.6 is 12.6 Å². The van der Waals surface area contributed by atoms with Gasteiger partial charge < -0.3 is 8.85 Å². The number of thiol groups is 1. The second kappa shape index (κ2) is 8.64. The van der Waals surface area contributed by atoms with Gasteiger partial charge in [-0.1, -0.05) is 78.8 Å². The molecule has 2 aromatic carbocycles. The van der Waals surface area contributed by atoms with Crippen LogP contribution in [0.4, 0.5) is 0 Å². The lowest BCUT2D eigenvalue weighted by atomic mass is 9.80. The first-order chi connectivity index (χ1) is 12.9. The summed E-state index contributed by atoms with van der Waals surface area (Å²) in [4.78, 5) is 0.938. The van der Waals surface area contributed by atoms with Crippen molar-refractivity contribution in [3.05, 3.63) is 53.6 Å². The molecular formula is C24H36O2SSi. The molecule has 2 aromatic rings. The lowest BCUT2D eigenvalue weighted by Gasteiger charge is -2.34. The third kappa shape index (κ3) is 5.02. The largest absolute Gasteiger partial charge is 0.517 e. The molecule has 4 heteroatoms. The van der Waals surface area contributed by atoms with Crippen LogP contribution in [0.2, 0.25) is 6.04 Å². The number of hydrogen-bond donors (Lipinski definition) is 1. The van der Waals surface area contributed by atoms with Crippen LogP contribution < -0.4 is 9.61 Å². The van der Waals surface area contributed by atoms with Gasteiger partial charge >= 0.3 is 8.56 Å². The molecule has 0 radical (unpaired) electrons. The Morgan fingerprint density at radius 1 is 0.893 bits per heavy atom. The summed E-state index contributed by atoms with van der Waals surface area (Å²) in [5.41, 5.74) is 2.60. The van der Waals surface area contributed by atoms with E-state index >= 15 is 0 Å². The van der Waals surface area contributed by atoms with E-state index in [-0.39, 0.29) is 10.8 Å². The molecule has 1 unspecified atom stereocenters. The maximum Gasteiger partial charge on any atom is 0.434 e. The van der Waals surface area contributed by atoms with E-state index in [0.717, 1.165) is 21.9 Å². The maximum absolute atomic E-state index is 6.85. The van der Waals surface area contributed by atoms with Crippen LogP contribution in [-0.2, 0) is 15.3 Å². The average Bonchev–Trinajstić information content (AvgIpc) is 2.60. The molecule has 0 aliphatic carbocycles. The minimum atomic E-state index is -2.68. The van der Waals surface area contributed by atoms with Crippen molar-refractivity contribution in [3.63, 3.8) is 0 Å². The molecular weight excluding hydrogens is 380 g/mol. The second-order valence-electron chi connectivity index (χ2n) is 9.37. The van der Waals surface area contributed by atoms with Crippen molar-refractivity contribution < 1.29 is 8.85 Å². The van der Waals surface area contributed by atoms with Crippen molar-refractivity contribution in [2.24, 2.45) is 0 Å².